The zero-order valence-corrected chi connectivity index (χ0v) is 13.2. The molecule has 1 atom stereocenters. The Morgan fingerprint density at radius 1 is 1.04 bits per heavy atom. The van der Waals surface area contributed by atoms with Gasteiger partial charge in [0, 0.05) is 6.20 Å². The Morgan fingerprint density at radius 2 is 1.92 bits per heavy atom. The molecule has 4 aromatic rings. The highest BCUT2D eigenvalue weighted by molar-refractivity contribution is 7.19. The van der Waals surface area contributed by atoms with Gasteiger partial charge in [-0.1, -0.05) is 29.5 Å². The minimum absolute atomic E-state index is 0.353. The van der Waals surface area contributed by atoms with Gasteiger partial charge in [-0.25, -0.2) is 0 Å². The van der Waals surface area contributed by atoms with Gasteiger partial charge in [-0.2, -0.15) is 9.61 Å². The van der Waals surface area contributed by atoms with Crippen LogP contribution in [0, 0.1) is 0 Å². The van der Waals surface area contributed by atoms with Crippen molar-refractivity contribution in [2.45, 2.75) is 6.10 Å². The van der Waals surface area contributed by atoms with Crippen LogP contribution in [0.2, 0.25) is 0 Å². The molecular weight excluding hydrogens is 326 g/mol. The van der Waals surface area contributed by atoms with E-state index in [4.69, 9.17) is 9.47 Å². The summed E-state index contributed by atoms with van der Waals surface area (Å²) in [7, 11) is 0. The molecule has 4 heterocycles. The molecule has 1 aliphatic rings. The Labute approximate surface area is 140 Å². The molecule has 3 aromatic heterocycles. The second kappa shape index (κ2) is 5.27. The van der Waals surface area contributed by atoms with Gasteiger partial charge in [-0.15, -0.1) is 10.2 Å². The quantitative estimate of drug-likeness (QED) is 0.560. The lowest BCUT2D eigenvalue weighted by molar-refractivity contribution is 0.0836. The first-order valence-electron chi connectivity index (χ1n) is 7.40. The maximum absolute atomic E-state index is 6.00. The van der Waals surface area contributed by atoms with Crippen LogP contribution in [0.15, 0.2) is 48.7 Å². The average molecular weight is 337 g/mol. The summed E-state index contributed by atoms with van der Waals surface area (Å²) < 4.78 is 13.5. The molecule has 0 radical (unpaired) electrons. The number of para-hydroxylation sites is 2. The Hall–Kier alpha value is -3.00. The Kier molecular flexibility index (Phi) is 2.95. The summed E-state index contributed by atoms with van der Waals surface area (Å²) in [6, 6.07) is 13.3. The number of rotatable bonds is 2. The molecule has 8 heteroatoms. The van der Waals surface area contributed by atoms with Crippen molar-refractivity contribution in [1.82, 2.24) is 24.8 Å². The molecule has 0 N–H and O–H groups in total. The second-order valence-electron chi connectivity index (χ2n) is 5.24. The summed E-state index contributed by atoms with van der Waals surface area (Å²) in [6.45, 7) is 0.369. The molecule has 0 amide bonds. The minimum Gasteiger partial charge on any atom is -0.485 e. The van der Waals surface area contributed by atoms with Crippen molar-refractivity contribution in [1.29, 1.82) is 0 Å². The maximum Gasteiger partial charge on any atom is 0.235 e. The normalized spacial score (nSPS) is 16.4. The monoisotopic (exact) mass is 337 g/mol. The number of ether oxygens (including phenoxy) is 2. The zero-order chi connectivity index (χ0) is 15.9. The molecule has 0 aliphatic carbocycles. The lowest BCUT2D eigenvalue weighted by Gasteiger charge is -2.24. The van der Waals surface area contributed by atoms with Crippen molar-refractivity contribution in [3.8, 4) is 22.2 Å². The van der Waals surface area contributed by atoms with E-state index in [-0.39, 0.29) is 6.10 Å². The molecule has 24 heavy (non-hydrogen) atoms. The van der Waals surface area contributed by atoms with Gasteiger partial charge in [0.25, 0.3) is 0 Å². The standard InChI is InChI=1S/C16H11N5O2S/c1-2-7-12-11(6-1)22-9-13(23-12)14-18-19-16-21(14)20-15(24-16)10-5-3-4-8-17-10/h1-8,13H,9H2/t13-/m1/s1. The maximum atomic E-state index is 6.00. The molecule has 0 bridgehead atoms. The molecule has 0 fully saturated rings. The number of benzene rings is 1. The number of fused-ring (bicyclic) bond motifs is 2. The largest absolute Gasteiger partial charge is 0.485 e. The highest BCUT2D eigenvalue weighted by atomic mass is 32.1. The van der Waals surface area contributed by atoms with E-state index < -0.39 is 0 Å². The zero-order valence-electron chi connectivity index (χ0n) is 12.4. The summed E-state index contributed by atoms with van der Waals surface area (Å²) in [5.41, 5.74) is 0.810. The predicted octanol–water partition coefficient (Wildman–Crippen LogP) is 2.76. The van der Waals surface area contributed by atoms with E-state index in [1.165, 1.54) is 11.3 Å². The Balaban J connectivity index is 1.53. The van der Waals surface area contributed by atoms with Crippen LogP contribution < -0.4 is 9.47 Å². The van der Waals surface area contributed by atoms with Gasteiger partial charge in [-0.05, 0) is 24.3 Å². The summed E-state index contributed by atoms with van der Waals surface area (Å²) in [4.78, 5) is 5.03. The third-order valence-corrected chi connectivity index (χ3v) is 4.62. The second-order valence-corrected chi connectivity index (χ2v) is 6.19. The fourth-order valence-corrected chi connectivity index (χ4v) is 3.40. The summed E-state index contributed by atoms with van der Waals surface area (Å²) in [5.74, 6) is 2.06. The molecule has 7 nitrogen and oxygen atoms in total. The van der Waals surface area contributed by atoms with Gasteiger partial charge in [0.1, 0.15) is 12.3 Å². The summed E-state index contributed by atoms with van der Waals surface area (Å²) in [6.07, 6.45) is 1.39. The van der Waals surface area contributed by atoms with Crippen LogP contribution in [0.25, 0.3) is 15.7 Å². The lowest BCUT2D eigenvalue weighted by atomic mass is 10.2. The first-order valence-corrected chi connectivity index (χ1v) is 8.22. The van der Waals surface area contributed by atoms with Gasteiger partial charge in [0.15, 0.2) is 28.4 Å². The van der Waals surface area contributed by atoms with Gasteiger partial charge in [0.05, 0.1) is 0 Å². The Bertz CT molecular complexity index is 1010. The third-order valence-electron chi connectivity index (χ3n) is 3.70. The summed E-state index contributed by atoms with van der Waals surface area (Å²) >= 11 is 1.44. The van der Waals surface area contributed by atoms with E-state index >= 15 is 0 Å². The third kappa shape index (κ3) is 2.11. The highest BCUT2D eigenvalue weighted by Gasteiger charge is 2.28. The first kappa shape index (κ1) is 13.4. The molecule has 5 rings (SSSR count). The van der Waals surface area contributed by atoms with Crippen molar-refractivity contribution >= 4 is 16.3 Å². The summed E-state index contributed by atoms with van der Waals surface area (Å²) in [5, 5.41) is 13.8. The van der Waals surface area contributed by atoms with Crippen molar-refractivity contribution in [2.24, 2.45) is 0 Å². The van der Waals surface area contributed by atoms with Crippen molar-refractivity contribution < 1.29 is 9.47 Å². The van der Waals surface area contributed by atoms with E-state index in [1.807, 2.05) is 42.5 Å². The molecule has 0 spiro atoms. The molecule has 0 saturated carbocycles. The number of aromatic nitrogens is 5. The SMILES string of the molecule is c1ccc(-c2nn3c([C@H]4COc5ccccc5O4)nnc3s2)nc1. The van der Waals surface area contributed by atoms with Crippen molar-refractivity contribution in [3.63, 3.8) is 0 Å². The van der Waals surface area contributed by atoms with Crippen LogP contribution in [-0.4, -0.2) is 31.4 Å². The average Bonchev–Trinajstić information content (AvgIpc) is 3.23. The van der Waals surface area contributed by atoms with E-state index in [1.54, 1.807) is 10.7 Å². The van der Waals surface area contributed by atoms with Crippen LogP contribution in [0.5, 0.6) is 11.5 Å². The van der Waals surface area contributed by atoms with Crippen LogP contribution >= 0.6 is 11.3 Å². The first-order chi connectivity index (χ1) is 11.9. The molecule has 0 unspecified atom stereocenters. The minimum atomic E-state index is -0.353. The highest BCUT2D eigenvalue weighted by Crippen LogP contribution is 2.36. The van der Waals surface area contributed by atoms with Crippen molar-refractivity contribution in [2.75, 3.05) is 6.61 Å². The Morgan fingerprint density at radius 3 is 2.79 bits per heavy atom. The van der Waals surface area contributed by atoms with Gasteiger partial charge in [0.2, 0.25) is 4.96 Å². The topological polar surface area (TPSA) is 74.4 Å². The fraction of sp³-hybridized carbons (Fsp3) is 0.125. The number of hydrogen-bond acceptors (Lipinski definition) is 7. The fourth-order valence-electron chi connectivity index (χ4n) is 2.57. The molecular formula is C16H11N5O2S. The van der Waals surface area contributed by atoms with Crippen LogP contribution in [-0.2, 0) is 0 Å². The van der Waals surface area contributed by atoms with Crippen LogP contribution in [0.1, 0.15) is 11.9 Å². The molecule has 0 saturated heterocycles. The van der Waals surface area contributed by atoms with Crippen molar-refractivity contribution in [3.05, 3.63) is 54.5 Å². The van der Waals surface area contributed by atoms with Gasteiger partial charge >= 0.3 is 0 Å². The van der Waals surface area contributed by atoms with E-state index in [0.29, 0.717) is 23.1 Å². The smallest absolute Gasteiger partial charge is 0.235 e. The number of hydrogen-bond donors (Lipinski definition) is 0. The van der Waals surface area contributed by atoms with Gasteiger partial charge in [-0.3, -0.25) is 4.98 Å². The number of nitrogens with zero attached hydrogens (tertiary/aromatic N) is 5. The predicted molar refractivity (Wildman–Crippen MR) is 87.2 cm³/mol. The molecule has 118 valence electrons. The van der Waals surface area contributed by atoms with E-state index in [2.05, 4.69) is 20.3 Å². The lowest BCUT2D eigenvalue weighted by Crippen LogP contribution is -2.23. The van der Waals surface area contributed by atoms with Crippen LogP contribution in [0.4, 0.5) is 0 Å². The van der Waals surface area contributed by atoms with Gasteiger partial charge < -0.3 is 9.47 Å². The molecule has 1 aliphatic heterocycles. The molecule has 1 aromatic carbocycles. The number of pyridine rings is 1. The van der Waals surface area contributed by atoms with Crippen LogP contribution in [0.3, 0.4) is 0 Å². The van der Waals surface area contributed by atoms with E-state index in [0.717, 1.165) is 16.5 Å². The van der Waals surface area contributed by atoms with E-state index in [9.17, 15) is 0 Å².